The van der Waals surface area contributed by atoms with Crippen molar-refractivity contribution in [3.8, 4) is 0 Å². The van der Waals surface area contributed by atoms with E-state index in [-0.39, 0.29) is 24.2 Å². The number of hydrogen-bond acceptors (Lipinski definition) is 9. The second-order valence-electron chi connectivity index (χ2n) is 12.5. The van der Waals surface area contributed by atoms with Crippen molar-refractivity contribution in [2.75, 3.05) is 25.4 Å². The number of nitrogens with zero attached hydrogens (tertiary/aromatic N) is 1. The SMILES string of the molecule is CSCO[C@]1(C)COC(C)(CC(=O)OC[C@H]2O[C@@H](n3cc(C)c(=O)[nH]c3=O)C[C@@H]2O[Si](C)(C)C(C)(C)C)C1. The molecule has 0 aliphatic carbocycles. The van der Waals surface area contributed by atoms with E-state index in [4.69, 9.17) is 23.4 Å². The third-order valence-corrected chi connectivity index (χ3v) is 12.7. The molecule has 0 amide bonds. The second kappa shape index (κ2) is 11.6. The van der Waals surface area contributed by atoms with Crippen molar-refractivity contribution < 1.29 is 28.2 Å². The third-order valence-electron chi connectivity index (χ3n) is 7.81. The Kier molecular flexibility index (Phi) is 9.47. The molecule has 3 heterocycles. The van der Waals surface area contributed by atoms with Crippen molar-refractivity contribution in [3.63, 3.8) is 0 Å². The summed E-state index contributed by atoms with van der Waals surface area (Å²) < 4.78 is 31.9. The molecule has 12 heteroatoms. The molecule has 0 aromatic carbocycles. The molecule has 1 N–H and O–H groups in total. The maximum Gasteiger partial charge on any atom is 0.330 e. The van der Waals surface area contributed by atoms with Gasteiger partial charge in [-0.1, -0.05) is 20.8 Å². The molecule has 2 aliphatic rings. The van der Waals surface area contributed by atoms with E-state index < -0.39 is 49.1 Å². The predicted molar refractivity (Wildman–Crippen MR) is 149 cm³/mol. The summed E-state index contributed by atoms with van der Waals surface area (Å²) in [5.41, 5.74) is -1.69. The lowest BCUT2D eigenvalue weighted by Crippen LogP contribution is -2.46. The van der Waals surface area contributed by atoms with Crippen LogP contribution in [0, 0.1) is 6.92 Å². The highest BCUT2D eigenvalue weighted by molar-refractivity contribution is 7.98. The average molecular weight is 573 g/mol. The zero-order valence-corrected chi connectivity index (χ0v) is 26.0. The van der Waals surface area contributed by atoms with Crippen molar-refractivity contribution in [1.29, 1.82) is 0 Å². The van der Waals surface area contributed by atoms with Crippen LogP contribution in [-0.4, -0.2) is 72.7 Å². The minimum atomic E-state index is -2.20. The first-order chi connectivity index (χ1) is 17.5. The average Bonchev–Trinajstić information content (AvgIpc) is 3.32. The van der Waals surface area contributed by atoms with Gasteiger partial charge in [0.25, 0.3) is 5.56 Å². The lowest BCUT2D eigenvalue weighted by atomic mass is 9.91. The number of aromatic amines is 1. The first-order valence-corrected chi connectivity index (χ1v) is 17.4. The Hall–Kier alpha value is -1.44. The lowest BCUT2D eigenvalue weighted by molar-refractivity contribution is -0.155. The van der Waals surface area contributed by atoms with Gasteiger partial charge >= 0.3 is 11.7 Å². The monoisotopic (exact) mass is 572 g/mol. The van der Waals surface area contributed by atoms with Crippen LogP contribution in [0.1, 0.15) is 65.7 Å². The van der Waals surface area contributed by atoms with Crippen LogP contribution in [0.4, 0.5) is 0 Å². The van der Waals surface area contributed by atoms with Crippen molar-refractivity contribution in [2.24, 2.45) is 0 Å². The Bertz CT molecular complexity index is 1120. The molecule has 1 aromatic rings. The van der Waals surface area contributed by atoms with E-state index in [9.17, 15) is 14.4 Å². The zero-order chi connectivity index (χ0) is 28.5. The van der Waals surface area contributed by atoms with Crippen molar-refractivity contribution >= 4 is 26.0 Å². The summed E-state index contributed by atoms with van der Waals surface area (Å²) in [5, 5.41) is -0.0445. The van der Waals surface area contributed by atoms with Crippen LogP contribution < -0.4 is 11.2 Å². The van der Waals surface area contributed by atoms with Crippen molar-refractivity contribution in [1.82, 2.24) is 9.55 Å². The Labute approximate surface area is 230 Å². The molecule has 216 valence electrons. The molecule has 3 rings (SSSR count). The summed E-state index contributed by atoms with van der Waals surface area (Å²) in [6.07, 6.45) is 2.95. The first kappa shape index (κ1) is 31.1. The number of ether oxygens (including phenoxy) is 4. The van der Waals surface area contributed by atoms with E-state index in [1.54, 1.807) is 18.7 Å². The fourth-order valence-electron chi connectivity index (χ4n) is 4.66. The smallest absolute Gasteiger partial charge is 0.330 e. The van der Waals surface area contributed by atoms with Gasteiger partial charge in [0.15, 0.2) is 8.32 Å². The summed E-state index contributed by atoms with van der Waals surface area (Å²) in [7, 11) is -2.20. The number of thioether (sulfide) groups is 1. The van der Waals surface area contributed by atoms with Crippen LogP contribution in [-0.2, 0) is 28.2 Å². The number of carbonyl (C=O) groups is 1. The van der Waals surface area contributed by atoms with Gasteiger partial charge in [-0.05, 0) is 45.2 Å². The molecule has 10 nitrogen and oxygen atoms in total. The summed E-state index contributed by atoms with van der Waals surface area (Å²) in [6, 6.07) is 0. The fraction of sp³-hybridized carbons (Fsp3) is 0.808. The standard InChI is InChI=1S/C26H44N2O8SSi/c1-17-12-28(23(31)27-22(17)30)20-10-18(36-38(8,9)24(2,3)4)19(35-20)13-32-21(29)11-25(5)14-26(6,15-33-25)34-16-37-7/h12,18-20H,10-11,13-16H2,1-9H3,(H,27,30,31)/t18-,19+,20+,25?,26-/m0/s1. The summed E-state index contributed by atoms with van der Waals surface area (Å²) in [4.78, 5) is 39.6. The van der Waals surface area contributed by atoms with Gasteiger partial charge in [0.1, 0.15) is 18.9 Å². The molecule has 0 saturated carbocycles. The van der Waals surface area contributed by atoms with Crippen LogP contribution in [0.5, 0.6) is 0 Å². The fourth-order valence-corrected chi connectivity index (χ4v) is 6.42. The Balaban J connectivity index is 1.71. The maximum atomic E-state index is 12.9. The van der Waals surface area contributed by atoms with Gasteiger partial charge in [0.2, 0.25) is 0 Å². The number of H-pyrrole nitrogens is 1. The molecule has 38 heavy (non-hydrogen) atoms. The summed E-state index contributed by atoms with van der Waals surface area (Å²) in [6.45, 7) is 16.7. The normalized spacial score (nSPS) is 30.1. The molecular weight excluding hydrogens is 528 g/mol. The Morgan fingerprint density at radius 2 is 1.97 bits per heavy atom. The van der Waals surface area contributed by atoms with E-state index in [0.29, 0.717) is 31.0 Å². The maximum absolute atomic E-state index is 12.9. The zero-order valence-electron chi connectivity index (χ0n) is 24.2. The van der Waals surface area contributed by atoms with Gasteiger partial charge in [-0.25, -0.2) is 4.79 Å². The van der Waals surface area contributed by atoms with Crippen LogP contribution >= 0.6 is 11.8 Å². The molecule has 2 aliphatic heterocycles. The van der Waals surface area contributed by atoms with Gasteiger partial charge in [0.05, 0.1) is 36.3 Å². The number of nitrogens with one attached hydrogen (secondary N) is 1. The highest BCUT2D eigenvalue weighted by Crippen LogP contribution is 2.41. The molecule has 2 fully saturated rings. The van der Waals surface area contributed by atoms with Crippen LogP contribution in [0.25, 0.3) is 0 Å². The van der Waals surface area contributed by atoms with Gasteiger partial charge < -0.3 is 23.4 Å². The van der Waals surface area contributed by atoms with Crippen molar-refractivity contribution in [3.05, 3.63) is 32.6 Å². The molecular formula is C26H44N2O8SSi. The number of rotatable bonds is 10. The number of hydrogen-bond donors (Lipinski definition) is 1. The molecule has 0 bridgehead atoms. The van der Waals surface area contributed by atoms with Gasteiger partial charge in [0, 0.05) is 24.6 Å². The quantitative estimate of drug-likeness (QED) is 0.254. The van der Waals surface area contributed by atoms with E-state index in [1.165, 1.54) is 10.8 Å². The molecule has 2 saturated heterocycles. The Morgan fingerprint density at radius 1 is 1.29 bits per heavy atom. The van der Waals surface area contributed by atoms with E-state index in [0.717, 1.165) is 0 Å². The number of aromatic nitrogens is 2. The molecule has 1 aromatic heterocycles. The van der Waals surface area contributed by atoms with E-state index in [2.05, 4.69) is 38.8 Å². The minimum Gasteiger partial charge on any atom is -0.463 e. The van der Waals surface area contributed by atoms with E-state index in [1.807, 2.05) is 20.1 Å². The highest BCUT2D eigenvalue weighted by atomic mass is 32.2. The highest BCUT2D eigenvalue weighted by Gasteiger charge is 2.48. The lowest BCUT2D eigenvalue weighted by Gasteiger charge is -2.39. The summed E-state index contributed by atoms with van der Waals surface area (Å²) in [5.74, 6) is 0.172. The number of carbonyl (C=O) groups excluding carboxylic acids is 1. The topological polar surface area (TPSA) is 118 Å². The minimum absolute atomic E-state index is 0.0119. The number of esters is 1. The second-order valence-corrected chi connectivity index (χ2v) is 18.1. The first-order valence-electron chi connectivity index (χ1n) is 13.1. The molecule has 0 spiro atoms. The third kappa shape index (κ3) is 7.39. The molecule has 5 atom stereocenters. The van der Waals surface area contributed by atoms with Crippen LogP contribution in [0.3, 0.4) is 0 Å². The predicted octanol–water partition coefficient (Wildman–Crippen LogP) is 3.73. The summed E-state index contributed by atoms with van der Waals surface area (Å²) >= 11 is 1.60. The largest absolute Gasteiger partial charge is 0.463 e. The van der Waals surface area contributed by atoms with Gasteiger partial charge in [-0.2, -0.15) is 0 Å². The van der Waals surface area contributed by atoms with Gasteiger partial charge in [-0.3, -0.25) is 19.1 Å². The number of aryl methyl sites for hydroxylation is 1. The van der Waals surface area contributed by atoms with Crippen LogP contribution in [0.2, 0.25) is 18.1 Å². The van der Waals surface area contributed by atoms with E-state index >= 15 is 0 Å². The van der Waals surface area contributed by atoms with Crippen LogP contribution in [0.15, 0.2) is 15.8 Å². The van der Waals surface area contributed by atoms with Crippen molar-refractivity contribution in [2.45, 2.75) is 109 Å². The molecule has 1 unspecified atom stereocenters. The Morgan fingerprint density at radius 3 is 2.61 bits per heavy atom. The molecule has 0 radical (unpaired) electrons. The van der Waals surface area contributed by atoms with Gasteiger partial charge in [-0.15, -0.1) is 11.8 Å².